The lowest BCUT2D eigenvalue weighted by molar-refractivity contribution is -0.384. The van der Waals surface area contributed by atoms with Gasteiger partial charge >= 0.3 is 5.97 Å². The van der Waals surface area contributed by atoms with E-state index in [0.29, 0.717) is 31.9 Å². The molecule has 0 spiro atoms. The third-order valence-electron chi connectivity index (χ3n) is 3.50. The van der Waals surface area contributed by atoms with E-state index >= 15 is 0 Å². The van der Waals surface area contributed by atoms with Crippen LogP contribution in [0.3, 0.4) is 0 Å². The zero-order chi connectivity index (χ0) is 18.8. The molecule has 0 atom stereocenters. The molecule has 0 aliphatic rings. The molecular formula is C16H23N3O6. The van der Waals surface area contributed by atoms with Crippen molar-refractivity contribution < 1.29 is 24.0 Å². The number of amides is 1. The van der Waals surface area contributed by atoms with Crippen LogP contribution < -0.4 is 5.32 Å². The highest BCUT2D eigenvalue weighted by molar-refractivity contribution is 5.97. The fraction of sp³-hybridized carbons (Fsp3) is 0.500. The van der Waals surface area contributed by atoms with E-state index in [2.05, 4.69) is 5.32 Å². The van der Waals surface area contributed by atoms with Crippen LogP contribution >= 0.6 is 0 Å². The molecule has 9 heteroatoms. The van der Waals surface area contributed by atoms with E-state index < -0.39 is 17.5 Å². The predicted molar refractivity (Wildman–Crippen MR) is 91.7 cm³/mol. The zero-order valence-corrected chi connectivity index (χ0v) is 14.6. The molecule has 1 amide bonds. The quantitative estimate of drug-likeness (QED) is 0.295. The van der Waals surface area contributed by atoms with Gasteiger partial charge in [-0.15, -0.1) is 0 Å². The molecule has 0 saturated carbocycles. The average Bonchev–Trinajstić information content (AvgIpc) is 2.61. The van der Waals surface area contributed by atoms with E-state index in [1.807, 2.05) is 13.8 Å². The molecule has 25 heavy (non-hydrogen) atoms. The molecule has 0 bridgehead atoms. The molecule has 1 aromatic carbocycles. The van der Waals surface area contributed by atoms with Gasteiger partial charge in [0.05, 0.1) is 17.1 Å². The van der Waals surface area contributed by atoms with E-state index in [4.69, 9.17) is 9.47 Å². The van der Waals surface area contributed by atoms with Crippen LogP contribution in [0.5, 0.6) is 0 Å². The van der Waals surface area contributed by atoms with E-state index in [1.165, 1.54) is 24.1 Å². The lowest BCUT2D eigenvalue weighted by atomic mass is 10.1. The van der Waals surface area contributed by atoms with Crippen LogP contribution in [0.25, 0.3) is 0 Å². The Morgan fingerprint density at radius 3 is 2.52 bits per heavy atom. The Hall–Kier alpha value is -2.68. The molecule has 1 aromatic rings. The number of rotatable bonds is 10. The summed E-state index contributed by atoms with van der Waals surface area (Å²) in [5.74, 6) is -1.12. The summed E-state index contributed by atoms with van der Waals surface area (Å²) in [7, 11) is 1.53. The maximum atomic E-state index is 12.3. The highest BCUT2D eigenvalue weighted by atomic mass is 16.6. The van der Waals surface area contributed by atoms with Gasteiger partial charge in [-0.25, -0.2) is 4.79 Å². The van der Waals surface area contributed by atoms with Gasteiger partial charge in [0.2, 0.25) is 0 Å². The Morgan fingerprint density at radius 1 is 1.28 bits per heavy atom. The van der Waals surface area contributed by atoms with Crippen LogP contribution in [-0.2, 0) is 14.3 Å². The normalized spacial score (nSPS) is 10.2. The Kier molecular flexibility index (Phi) is 8.34. The van der Waals surface area contributed by atoms with Gasteiger partial charge in [-0.05, 0) is 19.9 Å². The molecule has 1 rings (SSSR count). The number of likely N-dealkylation sites (N-methyl/N-ethyl adjacent to an activating group) is 1. The largest absolute Gasteiger partial charge is 0.452 e. The van der Waals surface area contributed by atoms with Gasteiger partial charge in [-0.1, -0.05) is 0 Å². The maximum absolute atomic E-state index is 12.3. The van der Waals surface area contributed by atoms with Crippen molar-refractivity contribution >= 4 is 23.3 Å². The number of non-ortho nitro benzene ring substituents is 1. The van der Waals surface area contributed by atoms with Gasteiger partial charge in [0.25, 0.3) is 11.6 Å². The smallest absolute Gasteiger partial charge is 0.341 e. The molecule has 1 N–H and O–H groups in total. The van der Waals surface area contributed by atoms with Gasteiger partial charge < -0.3 is 19.7 Å². The number of hydrogen-bond acceptors (Lipinski definition) is 7. The average molecular weight is 353 g/mol. The first-order valence-electron chi connectivity index (χ1n) is 7.90. The second-order valence-electron chi connectivity index (χ2n) is 5.05. The van der Waals surface area contributed by atoms with Crippen LogP contribution in [0.15, 0.2) is 18.2 Å². The fourth-order valence-electron chi connectivity index (χ4n) is 2.13. The van der Waals surface area contributed by atoms with Crippen LogP contribution in [0.1, 0.15) is 24.2 Å². The highest BCUT2D eigenvalue weighted by Gasteiger charge is 2.20. The van der Waals surface area contributed by atoms with Gasteiger partial charge in [0.15, 0.2) is 6.61 Å². The second kappa shape index (κ2) is 10.2. The first-order valence-corrected chi connectivity index (χ1v) is 7.90. The minimum absolute atomic E-state index is 0.00218. The monoisotopic (exact) mass is 353 g/mol. The molecule has 138 valence electrons. The first kappa shape index (κ1) is 20.4. The standard InChI is InChI=1S/C16H23N3O6/c1-4-18(5-2)15(20)11-25-16(21)13-10-12(19(22)23)6-7-14(13)17-8-9-24-3/h6-7,10,17H,4-5,8-9,11H2,1-3H3. The molecular weight excluding hydrogens is 330 g/mol. The number of nitrogens with one attached hydrogen (secondary N) is 1. The number of methoxy groups -OCH3 is 1. The summed E-state index contributed by atoms with van der Waals surface area (Å²) >= 11 is 0. The van der Waals surface area contributed by atoms with Crippen molar-refractivity contribution in [3.63, 3.8) is 0 Å². The number of benzene rings is 1. The SMILES string of the molecule is CCN(CC)C(=O)COC(=O)c1cc([N+](=O)[O-])ccc1NCCOC. The number of nitro benzene ring substituents is 1. The number of anilines is 1. The number of ether oxygens (including phenoxy) is 2. The highest BCUT2D eigenvalue weighted by Crippen LogP contribution is 2.23. The lowest BCUT2D eigenvalue weighted by Gasteiger charge is -2.18. The van der Waals surface area contributed by atoms with Crippen molar-refractivity contribution in [3.8, 4) is 0 Å². The lowest BCUT2D eigenvalue weighted by Crippen LogP contribution is -2.34. The number of carbonyl (C=O) groups excluding carboxylic acids is 2. The van der Waals surface area contributed by atoms with E-state index in [0.717, 1.165) is 6.07 Å². The number of nitro groups is 1. The third-order valence-corrected chi connectivity index (χ3v) is 3.50. The molecule has 0 aliphatic heterocycles. The van der Waals surface area contributed by atoms with Crippen LogP contribution in [0.4, 0.5) is 11.4 Å². The summed E-state index contributed by atoms with van der Waals surface area (Å²) in [6.07, 6.45) is 0. The topological polar surface area (TPSA) is 111 Å². The Balaban J connectivity index is 2.90. The summed E-state index contributed by atoms with van der Waals surface area (Å²) in [5.41, 5.74) is 0.139. The molecule has 9 nitrogen and oxygen atoms in total. The van der Waals surface area contributed by atoms with Crippen LogP contribution in [0, 0.1) is 10.1 Å². The van der Waals surface area contributed by atoms with Crippen molar-refractivity contribution in [3.05, 3.63) is 33.9 Å². The van der Waals surface area contributed by atoms with Crippen molar-refractivity contribution in [2.24, 2.45) is 0 Å². The molecule has 0 unspecified atom stereocenters. The van der Waals surface area contributed by atoms with E-state index in [-0.39, 0.29) is 17.2 Å². The van der Waals surface area contributed by atoms with Crippen LogP contribution in [-0.4, -0.2) is 61.7 Å². The number of esters is 1. The molecule has 0 fully saturated rings. The maximum Gasteiger partial charge on any atom is 0.341 e. The van der Waals surface area contributed by atoms with Gasteiger partial charge in [0.1, 0.15) is 0 Å². The van der Waals surface area contributed by atoms with E-state index in [1.54, 1.807) is 0 Å². The molecule has 0 radical (unpaired) electrons. The van der Waals surface area contributed by atoms with Crippen molar-refractivity contribution in [2.45, 2.75) is 13.8 Å². The summed E-state index contributed by atoms with van der Waals surface area (Å²) in [6.45, 7) is 5.05. The van der Waals surface area contributed by atoms with Gasteiger partial charge in [-0.2, -0.15) is 0 Å². The zero-order valence-electron chi connectivity index (χ0n) is 14.6. The van der Waals surface area contributed by atoms with Crippen molar-refractivity contribution in [1.82, 2.24) is 4.90 Å². The third kappa shape index (κ3) is 6.03. The van der Waals surface area contributed by atoms with Crippen molar-refractivity contribution in [1.29, 1.82) is 0 Å². The number of hydrogen-bond donors (Lipinski definition) is 1. The summed E-state index contributed by atoms with van der Waals surface area (Å²) in [5, 5.41) is 13.9. The Labute approximate surface area is 146 Å². The molecule has 0 aliphatic carbocycles. The predicted octanol–water partition coefficient (Wildman–Crippen LogP) is 1.68. The van der Waals surface area contributed by atoms with E-state index in [9.17, 15) is 19.7 Å². The molecule has 0 saturated heterocycles. The van der Waals surface area contributed by atoms with Crippen LogP contribution in [0.2, 0.25) is 0 Å². The minimum Gasteiger partial charge on any atom is -0.452 e. The second-order valence-corrected chi connectivity index (χ2v) is 5.05. The fourth-order valence-corrected chi connectivity index (χ4v) is 2.13. The summed E-state index contributed by atoms with van der Waals surface area (Å²) in [4.78, 5) is 36.1. The van der Waals surface area contributed by atoms with Gasteiger partial charge in [-0.3, -0.25) is 14.9 Å². The van der Waals surface area contributed by atoms with Crippen molar-refractivity contribution in [2.75, 3.05) is 45.3 Å². The molecule has 0 aromatic heterocycles. The minimum atomic E-state index is -0.802. The Bertz CT molecular complexity index is 616. The number of carbonyl (C=O) groups is 2. The Morgan fingerprint density at radius 2 is 1.96 bits per heavy atom. The number of nitrogens with zero attached hydrogens (tertiary/aromatic N) is 2. The summed E-state index contributed by atoms with van der Waals surface area (Å²) < 4.78 is 9.95. The van der Waals surface area contributed by atoms with Gasteiger partial charge in [0, 0.05) is 44.6 Å². The summed E-state index contributed by atoms with van der Waals surface area (Å²) in [6, 6.07) is 3.84. The first-order chi connectivity index (χ1) is 11.9. The molecule has 0 heterocycles.